The minimum Gasteiger partial charge on any atom is -0.390 e. The fraction of sp³-hybridized carbons (Fsp3) is 0.900. The van der Waals surface area contributed by atoms with Crippen LogP contribution in [-0.2, 0) is 0 Å². The van der Waals surface area contributed by atoms with Crippen molar-refractivity contribution in [2.75, 3.05) is 0 Å². The third kappa shape index (κ3) is 3.14. The lowest BCUT2D eigenvalue weighted by atomic mass is 9.45. The highest BCUT2D eigenvalue weighted by atomic mass is 16.3. The van der Waals surface area contributed by atoms with E-state index >= 15 is 0 Å². The second-order valence-electron chi connectivity index (χ2n) is 9.45. The van der Waals surface area contributed by atoms with Gasteiger partial charge in [-0.2, -0.15) is 0 Å². The Labute approximate surface area is 137 Å². The van der Waals surface area contributed by atoms with Gasteiger partial charge in [0.1, 0.15) is 0 Å². The summed E-state index contributed by atoms with van der Waals surface area (Å²) in [5.74, 6) is 0.928. The zero-order valence-electron chi connectivity index (χ0n) is 15.3. The van der Waals surface area contributed by atoms with Crippen LogP contribution in [0.2, 0.25) is 0 Å². The van der Waals surface area contributed by atoms with Gasteiger partial charge in [0, 0.05) is 0 Å². The Hall–Kier alpha value is -0.340. The molecule has 0 aliphatic heterocycles. The Morgan fingerprint density at radius 1 is 1.18 bits per heavy atom. The summed E-state index contributed by atoms with van der Waals surface area (Å²) in [5, 5.41) is 21.4. The molecule has 2 aliphatic rings. The number of aliphatic hydroxyl groups is 2. The highest BCUT2D eigenvalue weighted by Crippen LogP contribution is 2.63. The van der Waals surface area contributed by atoms with E-state index in [0.29, 0.717) is 17.8 Å². The van der Waals surface area contributed by atoms with Crippen molar-refractivity contribution in [2.24, 2.45) is 22.7 Å². The topological polar surface area (TPSA) is 40.5 Å². The Morgan fingerprint density at radius 3 is 2.41 bits per heavy atom. The highest BCUT2D eigenvalue weighted by molar-refractivity contribution is 5.08. The molecule has 0 heterocycles. The normalized spacial score (nSPS) is 44.0. The molecule has 0 aromatic rings. The summed E-state index contributed by atoms with van der Waals surface area (Å²) in [6.45, 7) is 14.8. The first-order chi connectivity index (χ1) is 9.95. The van der Waals surface area contributed by atoms with E-state index in [1.807, 2.05) is 13.8 Å². The van der Waals surface area contributed by atoms with Gasteiger partial charge in [0.05, 0.1) is 11.2 Å². The summed E-state index contributed by atoms with van der Waals surface area (Å²) in [6, 6.07) is 0. The molecule has 2 fully saturated rings. The molecule has 0 amide bonds. The predicted molar refractivity (Wildman–Crippen MR) is 92.6 cm³/mol. The van der Waals surface area contributed by atoms with Crippen LogP contribution in [0.5, 0.6) is 0 Å². The third-order valence-corrected chi connectivity index (χ3v) is 7.14. The van der Waals surface area contributed by atoms with E-state index < -0.39 is 11.2 Å². The summed E-state index contributed by atoms with van der Waals surface area (Å²) in [6.07, 6.45) is 8.96. The van der Waals surface area contributed by atoms with E-state index in [0.717, 1.165) is 19.3 Å². The molecule has 2 saturated carbocycles. The standard InChI is InChI=1S/C20H36O2/c1-7-18(4,21)13-9-16-19(5)12-8-11-17(2,3)15(19)10-14-20(16,6)22/h7,15-16,21-22H,1,8-14H2,2-6H3/t15-,16-,18?,19-,20+/m0/s1. The lowest BCUT2D eigenvalue weighted by Gasteiger charge is -2.61. The van der Waals surface area contributed by atoms with Crippen molar-refractivity contribution >= 4 is 0 Å². The average molecular weight is 309 g/mol. The van der Waals surface area contributed by atoms with Gasteiger partial charge in [-0.3, -0.25) is 0 Å². The van der Waals surface area contributed by atoms with Gasteiger partial charge in [0.15, 0.2) is 0 Å². The van der Waals surface area contributed by atoms with Crippen LogP contribution in [0.25, 0.3) is 0 Å². The van der Waals surface area contributed by atoms with Crippen LogP contribution in [0.4, 0.5) is 0 Å². The van der Waals surface area contributed by atoms with E-state index in [2.05, 4.69) is 27.4 Å². The van der Waals surface area contributed by atoms with Crippen molar-refractivity contribution in [3.8, 4) is 0 Å². The summed E-state index contributed by atoms with van der Waals surface area (Å²) in [5.41, 5.74) is -0.900. The second kappa shape index (κ2) is 5.63. The molecule has 0 aromatic heterocycles. The minimum absolute atomic E-state index is 0.181. The van der Waals surface area contributed by atoms with E-state index in [1.54, 1.807) is 6.08 Å². The molecule has 1 unspecified atom stereocenters. The Balaban J connectivity index is 2.28. The molecule has 2 nitrogen and oxygen atoms in total. The van der Waals surface area contributed by atoms with Crippen LogP contribution < -0.4 is 0 Å². The number of rotatable bonds is 4. The Bertz CT molecular complexity index is 421. The van der Waals surface area contributed by atoms with Gasteiger partial charge in [-0.25, -0.2) is 0 Å². The Kier molecular flexibility index (Phi) is 4.61. The fourth-order valence-corrected chi connectivity index (χ4v) is 5.80. The quantitative estimate of drug-likeness (QED) is 0.739. The molecule has 22 heavy (non-hydrogen) atoms. The zero-order chi connectivity index (χ0) is 16.8. The van der Waals surface area contributed by atoms with Gasteiger partial charge < -0.3 is 10.2 Å². The molecule has 2 aliphatic carbocycles. The molecule has 0 radical (unpaired) electrons. The summed E-state index contributed by atoms with van der Waals surface area (Å²) in [7, 11) is 0. The first-order valence-electron chi connectivity index (χ1n) is 9.03. The van der Waals surface area contributed by atoms with E-state index in [4.69, 9.17) is 0 Å². The molecule has 0 spiro atoms. The van der Waals surface area contributed by atoms with Crippen LogP contribution in [0.15, 0.2) is 12.7 Å². The second-order valence-corrected chi connectivity index (χ2v) is 9.45. The lowest BCUT2D eigenvalue weighted by Crippen LogP contribution is -2.57. The van der Waals surface area contributed by atoms with Crippen LogP contribution in [0.3, 0.4) is 0 Å². The molecule has 0 saturated heterocycles. The van der Waals surface area contributed by atoms with E-state index in [1.165, 1.54) is 19.3 Å². The molecular weight excluding hydrogens is 272 g/mol. The molecule has 0 bridgehead atoms. The van der Waals surface area contributed by atoms with Crippen molar-refractivity contribution in [1.82, 2.24) is 0 Å². The smallest absolute Gasteiger partial charge is 0.0797 e. The largest absolute Gasteiger partial charge is 0.390 e. The van der Waals surface area contributed by atoms with Crippen molar-refractivity contribution < 1.29 is 10.2 Å². The SMILES string of the molecule is C=CC(C)(O)CC[C@H]1[C@@]2(C)CCCC(C)(C)[C@@H]2CC[C@@]1(C)O. The van der Waals surface area contributed by atoms with Gasteiger partial charge in [-0.1, -0.05) is 33.3 Å². The van der Waals surface area contributed by atoms with Crippen LogP contribution in [0.1, 0.15) is 79.6 Å². The van der Waals surface area contributed by atoms with Gasteiger partial charge >= 0.3 is 0 Å². The molecule has 2 rings (SSSR count). The molecule has 128 valence electrons. The maximum atomic E-state index is 11.1. The fourth-order valence-electron chi connectivity index (χ4n) is 5.80. The first-order valence-corrected chi connectivity index (χ1v) is 9.03. The van der Waals surface area contributed by atoms with Gasteiger partial charge in [0.25, 0.3) is 0 Å². The van der Waals surface area contributed by atoms with Crippen molar-refractivity contribution in [3.05, 3.63) is 12.7 Å². The average Bonchev–Trinajstić information content (AvgIpc) is 2.35. The molecule has 2 heteroatoms. The number of hydrogen-bond acceptors (Lipinski definition) is 2. The lowest BCUT2D eigenvalue weighted by molar-refractivity contribution is -0.171. The van der Waals surface area contributed by atoms with Gasteiger partial charge in [0.2, 0.25) is 0 Å². The molecular formula is C20H36O2. The van der Waals surface area contributed by atoms with Crippen LogP contribution in [0, 0.1) is 22.7 Å². The maximum Gasteiger partial charge on any atom is 0.0797 e. The highest BCUT2D eigenvalue weighted by Gasteiger charge is 2.57. The summed E-state index contributed by atoms with van der Waals surface area (Å²) >= 11 is 0. The van der Waals surface area contributed by atoms with E-state index in [9.17, 15) is 10.2 Å². The summed E-state index contributed by atoms with van der Waals surface area (Å²) < 4.78 is 0. The monoisotopic (exact) mass is 308 g/mol. The van der Waals surface area contributed by atoms with Crippen LogP contribution in [-0.4, -0.2) is 21.4 Å². The predicted octanol–water partition coefficient (Wildman–Crippen LogP) is 4.70. The number of fused-ring (bicyclic) bond motifs is 1. The van der Waals surface area contributed by atoms with Crippen LogP contribution >= 0.6 is 0 Å². The zero-order valence-corrected chi connectivity index (χ0v) is 15.3. The molecule has 5 atom stereocenters. The van der Waals surface area contributed by atoms with Gasteiger partial charge in [-0.05, 0) is 75.0 Å². The number of hydrogen-bond donors (Lipinski definition) is 2. The van der Waals surface area contributed by atoms with Crippen molar-refractivity contribution in [3.63, 3.8) is 0 Å². The Morgan fingerprint density at radius 2 is 1.82 bits per heavy atom. The first kappa shape index (κ1) is 18.0. The maximum absolute atomic E-state index is 11.1. The van der Waals surface area contributed by atoms with Gasteiger partial charge in [-0.15, -0.1) is 6.58 Å². The molecule has 0 aromatic carbocycles. The minimum atomic E-state index is -0.830. The van der Waals surface area contributed by atoms with Crippen molar-refractivity contribution in [2.45, 2.75) is 90.8 Å². The van der Waals surface area contributed by atoms with Crippen molar-refractivity contribution in [1.29, 1.82) is 0 Å². The molecule has 2 N–H and O–H groups in total. The third-order valence-electron chi connectivity index (χ3n) is 7.14. The summed E-state index contributed by atoms with van der Waals surface area (Å²) in [4.78, 5) is 0. The van der Waals surface area contributed by atoms with E-state index in [-0.39, 0.29) is 11.3 Å².